The van der Waals surface area contributed by atoms with Gasteiger partial charge in [-0.1, -0.05) is 30.9 Å². The molecule has 0 saturated heterocycles. The van der Waals surface area contributed by atoms with Gasteiger partial charge in [0.05, 0.1) is 0 Å². The van der Waals surface area contributed by atoms with Crippen molar-refractivity contribution >= 4 is 23.3 Å². The first-order valence-electron chi connectivity index (χ1n) is 3.96. The fraction of sp³-hybridized carbons (Fsp3) is 0. The van der Waals surface area contributed by atoms with E-state index in [2.05, 4.69) is 6.58 Å². The van der Waals surface area contributed by atoms with Crippen LogP contribution in [0.25, 0.3) is 17.0 Å². The zero-order valence-corrected chi connectivity index (χ0v) is 6.99. The minimum absolute atomic E-state index is 0.344. The molecular formula is C11H8O2. The summed E-state index contributed by atoms with van der Waals surface area (Å²) in [6, 6.07) is 7.50. The molecule has 0 fully saturated rings. The summed E-state index contributed by atoms with van der Waals surface area (Å²) in [6.45, 7) is 3.64. The number of carbonyl (C=O) groups is 1. The monoisotopic (exact) mass is 172 g/mol. The molecule has 0 unspecified atom stereocenters. The van der Waals surface area contributed by atoms with Crippen LogP contribution in [0.5, 0.6) is 0 Å². The molecule has 0 aliphatic heterocycles. The number of para-hydroxylation sites is 1. The van der Waals surface area contributed by atoms with E-state index in [1.54, 1.807) is 6.08 Å². The van der Waals surface area contributed by atoms with E-state index >= 15 is 0 Å². The van der Waals surface area contributed by atoms with Crippen molar-refractivity contribution in [2.75, 3.05) is 0 Å². The lowest BCUT2D eigenvalue weighted by Gasteiger charge is -1.86. The molecule has 2 aromatic rings. The predicted octanol–water partition coefficient (Wildman–Crippen LogP) is 2.89. The summed E-state index contributed by atoms with van der Waals surface area (Å²) in [4.78, 5) is 10.6. The van der Waals surface area contributed by atoms with Gasteiger partial charge in [0.1, 0.15) is 5.58 Å². The highest BCUT2D eigenvalue weighted by Crippen LogP contribution is 2.25. The average molecular weight is 172 g/mol. The SMILES string of the molecule is C=Cc1c(C=O)oc2ccccc12. The van der Waals surface area contributed by atoms with Crippen molar-refractivity contribution in [3.8, 4) is 0 Å². The van der Waals surface area contributed by atoms with E-state index in [0.717, 1.165) is 16.5 Å². The van der Waals surface area contributed by atoms with Crippen molar-refractivity contribution in [3.05, 3.63) is 42.2 Å². The number of aldehydes is 1. The van der Waals surface area contributed by atoms with E-state index in [-0.39, 0.29) is 0 Å². The Kier molecular flexibility index (Phi) is 1.74. The zero-order valence-electron chi connectivity index (χ0n) is 6.99. The summed E-state index contributed by atoms with van der Waals surface area (Å²) in [5.41, 5.74) is 1.49. The van der Waals surface area contributed by atoms with Gasteiger partial charge in [-0.2, -0.15) is 0 Å². The molecule has 1 aromatic carbocycles. The Balaban J connectivity index is 2.88. The molecule has 2 nitrogen and oxygen atoms in total. The summed E-state index contributed by atoms with van der Waals surface area (Å²) in [5.74, 6) is 0.344. The van der Waals surface area contributed by atoms with Gasteiger partial charge in [-0.05, 0) is 6.07 Å². The second kappa shape index (κ2) is 2.90. The van der Waals surface area contributed by atoms with E-state index in [1.165, 1.54) is 0 Å². The third kappa shape index (κ3) is 1.07. The number of hydrogen-bond acceptors (Lipinski definition) is 2. The molecule has 0 spiro atoms. The van der Waals surface area contributed by atoms with Crippen LogP contribution in [0.3, 0.4) is 0 Å². The normalized spacial score (nSPS) is 10.2. The van der Waals surface area contributed by atoms with Crippen molar-refractivity contribution in [1.82, 2.24) is 0 Å². The van der Waals surface area contributed by atoms with Gasteiger partial charge < -0.3 is 4.42 Å². The van der Waals surface area contributed by atoms with Gasteiger partial charge in [0.25, 0.3) is 0 Å². The number of hydrogen-bond donors (Lipinski definition) is 0. The first-order valence-corrected chi connectivity index (χ1v) is 3.96. The number of furan rings is 1. The number of benzene rings is 1. The summed E-state index contributed by atoms with van der Waals surface area (Å²) in [5, 5.41) is 0.930. The Morgan fingerprint density at radius 3 is 2.77 bits per heavy atom. The molecule has 0 radical (unpaired) electrons. The van der Waals surface area contributed by atoms with Crippen LogP contribution in [0, 0.1) is 0 Å². The Labute approximate surface area is 75.5 Å². The van der Waals surface area contributed by atoms with Gasteiger partial charge in [0, 0.05) is 10.9 Å². The second-order valence-corrected chi connectivity index (χ2v) is 2.70. The first-order chi connectivity index (χ1) is 6.36. The van der Waals surface area contributed by atoms with Crippen molar-refractivity contribution in [1.29, 1.82) is 0 Å². The van der Waals surface area contributed by atoms with Gasteiger partial charge in [0.2, 0.25) is 0 Å². The topological polar surface area (TPSA) is 30.2 Å². The third-order valence-electron chi connectivity index (χ3n) is 1.97. The summed E-state index contributed by atoms with van der Waals surface area (Å²) < 4.78 is 5.30. The quantitative estimate of drug-likeness (QED) is 0.652. The maximum atomic E-state index is 10.6. The second-order valence-electron chi connectivity index (χ2n) is 2.70. The Morgan fingerprint density at radius 2 is 2.08 bits per heavy atom. The molecule has 0 aliphatic carbocycles. The molecule has 64 valence electrons. The number of carbonyl (C=O) groups excluding carboxylic acids is 1. The van der Waals surface area contributed by atoms with Gasteiger partial charge in [0.15, 0.2) is 12.0 Å². The summed E-state index contributed by atoms with van der Waals surface area (Å²) >= 11 is 0. The van der Waals surface area contributed by atoms with Gasteiger partial charge in [-0.15, -0.1) is 0 Å². The minimum atomic E-state index is 0.344. The zero-order chi connectivity index (χ0) is 9.26. The largest absolute Gasteiger partial charge is 0.453 e. The van der Waals surface area contributed by atoms with Crippen LogP contribution in [0.4, 0.5) is 0 Å². The van der Waals surface area contributed by atoms with E-state index in [1.807, 2.05) is 24.3 Å². The molecule has 0 N–H and O–H groups in total. The Morgan fingerprint density at radius 1 is 1.31 bits per heavy atom. The fourth-order valence-corrected chi connectivity index (χ4v) is 1.38. The fourth-order valence-electron chi connectivity index (χ4n) is 1.38. The predicted molar refractivity (Wildman–Crippen MR) is 51.7 cm³/mol. The lowest BCUT2D eigenvalue weighted by Crippen LogP contribution is -1.76. The van der Waals surface area contributed by atoms with Crippen molar-refractivity contribution in [3.63, 3.8) is 0 Å². The maximum absolute atomic E-state index is 10.6. The van der Waals surface area contributed by atoms with Crippen LogP contribution >= 0.6 is 0 Å². The van der Waals surface area contributed by atoms with Crippen LogP contribution < -0.4 is 0 Å². The van der Waals surface area contributed by atoms with Gasteiger partial charge in [-0.25, -0.2) is 0 Å². The highest BCUT2D eigenvalue weighted by atomic mass is 16.3. The van der Waals surface area contributed by atoms with E-state index < -0.39 is 0 Å². The minimum Gasteiger partial charge on any atom is -0.453 e. The lowest BCUT2D eigenvalue weighted by atomic mass is 10.1. The van der Waals surface area contributed by atoms with Crippen molar-refractivity contribution < 1.29 is 9.21 Å². The highest BCUT2D eigenvalue weighted by Gasteiger charge is 2.08. The Hall–Kier alpha value is -1.83. The third-order valence-corrected chi connectivity index (χ3v) is 1.97. The van der Waals surface area contributed by atoms with E-state index in [0.29, 0.717) is 12.0 Å². The molecule has 1 heterocycles. The molecule has 0 aliphatic rings. The van der Waals surface area contributed by atoms with E-state index in [4.69, 9.17) is 4.42 Å². The summed E-state index contributed by atoms with van der Waals surface area (Å²) in [7, 11) is 0. The Bertz CT molecular complexity index is 466. The van der Waals surface area contributed by atoms with Crippen LogP contribution in [-0.4, -0.2) is 6.29 Å². The van der Waals surface area contributed by atoms with E-state index in [9.17, 15) is 4.79 Å². The smallest absolute Gasteiger partial charge is 0.185 e. The molecule has 0 amide bonds. The molecule has 0 bridgehead atoms. The first kappa shape index (κ1) is 7.80. The molecule has 1 aromatic heterocycles. The van der Waals surface area contributed by atoms with Gasteiger partial charge in [-0.3, -0.25) is 4.79 Å². The van der Waals surface area contributed by atoms with Crippen LogP contribution in [0.1, 0.15) is 16.1 Å². The molecular weight excluding hydrogens is 164 g/mol. The highest BCUT2D eigenvalue weighted by molar-refractivity contribution is 5.95. The van der Waals surface area contributed by atoms with Crippen LogP contribution in [0.2, 0.25) is 0 Å². The summed E-state index contributed by atoms with van der Waals surface area (Å²) in [6.07, 6.45) is 2.34. The molecule has 0 atom stereocenters. The molecule has 13 heavy (non-hydrogen) atoms. The van der Waals surface area contributed by atoms with Gasteiger partial charge >= 0.3 is 0 Å². The molecule has 0 saturated carbocycles. The van der Waals surface area contributed by atoms with Crippen LogP contribution in [0.15, 0.2) is 35.3 Å². The standard InChI is InChI=1S/C11H8O2/c1-2-8-9-5-3-4-6-10(9)13-11(8)7-12/h2-7H,1H2. The molecule has 2 heteroatoms. The van der Waals surface area contributed by atoms with Crippen molar-refractivity contribution in [2.24, 2.45) is 0 Å². The van der Waals surface area contributed by atoms with Crippen LogP contribution in [-0.2, 0) is 0 Å². The molecule has 2 rings (SSSR count). The average Bonchev–Trinajstić information content (AvgIpc) is 2.55. The van der Waals surface area contributed by atoms with Crippen molar-refractivity contribution in [2.45, 2.75) is 0 Å². The number of fused-ring (bicyclic) bond motifs is 1. The maximum Gasteiger partial charge on any atom is 0.185 e. The number of rotatable bonds is 2. The lowest BCUT2D eigenvalue weighted by molar-refractivity contribution is 0.110.